The number of aromatic carboxylic acids is 1. The van der Waals surface area contributed by atoms with Gasteiger partial charge in [-0.25, -0.2) is 9.78 Å². The molecule has 0 bridgehead atoms. The number of thiazole rings is 1. The summed E-state index contributed by atoms with van der Waals surface area (Å²) in [6, 6.07) is 7.11. The van der Waals surface area contributed by atoms with E-state index >= 15 is 0 Å². The van der Waals surface area contributed by atoms with Crippen LogP contribution in [0.15, 0.2) is 29.6 Å². The molecule has 6 nitrogen and oxygen atoms in total. The highest BCUT2D eigenvalue weighted by Gasteiger charge is 2.17. The fourth-order valence-electron chi connectivity index (χ4n) is 2.66. The van der Waals surface area contributed by atoms with Crippen LogP contribution in [0.25, 0.3) is 0 Å². The van der Waals surface area contributed by atoms with Gasteiger partial charge in [0.25, 0.3) is 5.91 Å². The number of nitrogens with zero attached hydrogens (tertiary/aromatic N) is 1. The summed E-state index contributed by atoms with van der Waals surface area (Å²) in [4.78, 5) is 27.0. The van der Waals surface area contributed by atoms with Gasteiger partial charge in [-0.05, 0) is 43.9 Å². The normalized spacial score (nSPS) is 14.5. The first kappa shape index (κ1) is 16.4. The van der Waals surface area contributed by atoms with Gasteiger partial charge in [0.05, 0.1) is 12.6 Å². The summed E-state index contributed by atoms with van der Waals surface area (Å²) in [5, 5.41) is 13.6. The Balaban J connectivity index is 1.58. The number of hydrogen-bond donors (Lipinski definition) is 2. The lowest BCUT2D eigenvalue weighted by molar-refractivity contribution is 0.0691. The molecule has 0 radical (unpaired) electrons. The smallest absolute Gasteiger partial charge is 0.355 e. The van der Waals surface area contributed by atoms with Crippen LogP contribution in [-0.4, -0.2) is 28.1 Å². The fourth-order valence-corrected chi connectivity index (χ4v) is 3.37. The van der Waals surface area contributed by atoms with Gasteiger partial charge in [-0.3, -0.25) is 4.79 Å². The molecule has 126 valence electrons. The van der Waals surface area contributed by atoms with Crippen LogP contribution < -0.4 is 10.1 Å². The Labute approximate surface area is 143 Å². The summed E-state index contributed by atoms with van der Waals surface area (Å²) in [7, 11) is 0. The highest BCUT2D eigenvalue weighted by atomic mass is 32.1. The highest BCUT2D eigenvalue weighted by Crippen LogP contribution is 2.24. The molecule has 1 fully saturated rings. The Bertz CT molecular complexity index is 738. The molecule has 2 aromatic rings. The van der Waals surface area contributed by atoms with Gasteiger partial charge in [-0.15, -0.1) is 11.3 Å². The van der Waals surface area contributed by atoms with Crippen molar-refractivity contribution in [2.24, 2.45) is 0 Å². The minimum atomic E-state index is -1.07. The molecular formula is C17H18N2O4S. The van der Waals surface area contributed by atoms with E-state index in [2.05, 4.69) is 10.3 Å². The largest absolute Gasteiger partial charge is 0.490 e. The molecular weight excluding hydrogens is 328 g/mol. The molecule has 1 aliphatic carbocycles. The zero-order valence-corrected chi connectivity index (χ0v) is 13.8. The Morgan fingerprint density at radius 3 is 2.83 bits per heavy atom. The van der Waals surface area contributed by atoms with E-state index in [1.54, 1.807) is 18.2 Å². The average Bonchev–Trinajstić information content (AvgIpc) is 3.24. The van der Waals surface area contributed by atoms with Crippen molar-refractivity contribution in [3.63, 3.8) is 0 Å². The molecule has 0 saturated heterocycles. The van der Waals surface area contributed by atoms with E-state index in [-0.39, 0.29) is 24.2 Å². The van der Waals surface area contributed by atoms with Gasteiger partial charge >= 0.3 is 5.97 Å². The summed E-state index contributed by atoms with van der Waals surface area (Å²) in [5.74, 6) is -0.600. The third-order valence-electron chi connectivity index (χ3n) is 3.87. The Hall–Kier alpha value is -2.41. The Morgan fingerprint density at radius 1 is 1.33 bits per heavy atom. The average molecular weight is 346 g/mol. The molecule has 1 aliphatic rings. The van der Waals surface area contributed by atoms with E-state index in [0.717, 1.165) is 12.8 Å². The standard InChI is InChI=1S/C17H18N2O4S/c20-16(18-9-15-19-14(10-24-15)17(21)22)11-4-3-7-13(8-11)23-12-5-1-2-6-12/h3-4,7-8,10,12H,1-2,5-6,9H2,(H,18,20)(H,21,22). The minimum absolute atomic E-state index is 0.00351. The molecule has 0 unspecified atom stereocenters. The van der Waals surface area contributed by atoms with Gasteiger partial charge in [0, 0.05) is 10.9 Å². The van der Waals surface area contributed by atoms with Crippen molar-refractivity contribution in [1.29, 1.82) is 0 Å². The maximum atomic E-state index is 12.2. The number of aromatic nitrogens is 1. The van der Waals surface area contributed by atoms with Crippen molar-refractivity contribution in [2.45, 2.75) is 38.3 Å². The highest BCUT2D eigenvalue weighted by molar-refractivity contribution is 7.09. The number of carbonyl (C=O) groups excluding carboxylic acids is 1. The maximum Gasteiger partial charge on any atom is 0.355 e. The summed E-state index contributed by atoms with van der Waals surface area (Å²) in [6.07, 6.45) is 4.75. The molecule has 1 aromatic carbocycles. The first-order valence-corrected chi connectivity index (χ1v) is 8.72. The van der Waals surface area contributed by atoms with Crippen LogP contribution in [0.5, 0.6) is 5.75 Å². The van der Waals surface area contributed by atoms with Gasteiger partial charge in [-0.2, -0.15) is 0 Å². The van der Waals surface area contributed by atoms with Crippen molar-refractivity contribution >= 4 is 23.2 Å². The lowest BCUT2D eigenvalue weighted by atomic mass is 10.2. The van der Waals surface area contributed by atoms with Gasteiger partial charge in [0.15, 0.2) is 5.69 Å². The molecule has 0 aliphatic heterocycles. The number of carboxylic acid groups (broad SMARTS) is 1. The third-order valence-corrected chi connectivity index (χ3v) is 4.72. The summed E-state index contributed by atoms with van der Waals surface area (Å²) >= 11 is 1.21. The Kier molecular flexibility index (Phi) is 5.10. The monoisotopic (exact) mass is 346 g/mol. The van der Waals surface area contributed by atoms with E-state index in [9.17, 15) is 9.59 Å². The third kappa shape index (κ3) is 4.11. The van der Waals surface area contributed by atoms with E-state index in [1.165, 1.54) is 29.6 Å². The van der Waals surface area contributed by atoms with Crippen LogP contribution in [0.4, 0.5) is 0 Å². The minimum Gasteiger partial charge on any atom is -0.490 e. The topological polar surface area (TPSA) is 88.5 Å². The molecule has 7 heteroatoms. The zero-order valence-electron chi connectivity index (χ0n) is 13.0. The van der Waals surface area contributed by atoms with Crippen molar-refractivity contribution in [3.8, 4) is 5.75 Å². The van der Waals surface area contributed by atoms with Gasteiger partial charge < -0.3 is 15.2 Å². The second kappa shape index (κ2) is 7.44. The van der Waals surface area contributed by atoms with Crippen molar-refractivity contribution in [1.82, 2.24) is 10.3 Å². The fraction of sp³-hybridized carbons (Fsp3) is 0.353. The number of carbonyl (C=O) groups is 2. The number of carboxylic acids is 1. The Morgan fingerprint density at radius 2 is 2.12 bits per heavy atom. The number of hydrogen-bond acceptors (Lipinski definition) is 5. The van der Waals surface area contributed by atoms with Crippen molar-refractivity contribution in [2.75, 3.05) is 0 Å². The summed E-state index contributed by atoms with van der Waals surface area (Å²) in [6.45, 7) is 0.199. The second-order valence-electron chi connectivity index (χ2n) is 5.67. The van der Waals surface area contributed by atoms with E-state index in [1.807, 2.05) is 6.07 Å². The molecule has 1 aromatic heterocycles. The van der Waals surface area contributed by atoms with E-state index < -0.39 is 5.97 Å². The SMILES string of the molecule is O=C(NCc1nc(C(=O)O)cs1)c1cccc(OC2CCCC2)c1. The molecule has 24 heavy (non-hydrogen) atoms. The van der Waals surface area contributed by atoms with Crippen LogP contribution in [0.3, 0.4) is 0 Å². The van der Waals surface area contributed by atoms with Crippen LogP contribution in [-0.2, 0) is 6.54 Å². The second-order valence-corrected chi connectivity index (χ2v) is 6.61. The molecule has 3 rings (SSSR count). The van der Waals surface area contributed by atoms with Crippen LogP contribution in [0.1, 0.15) is 51.5 Å². The summed E-state index contributed by atoms with van der Waals surface area (Å²) in [5.41, 5.74) is 0.511. The zero-order chi connectivity index (χ0) is 16.9. The number of amides is 1. The molecule has 0 spiro atoms. The van der Waals surface area contributed by atoms with Crippen molar-refractivity contribution < 1.29 is 19.4 Å². The van der Waals surface area contributed by atoms with Gasteiger partial charge in [-0.1, -0.05) is 6.07 Å². The molecule has 1 amide bonds. The lowest BCUT2D eigenvalue weighted by Crippen LogP contribution is -2.23. The van der Waals surface area contributed by atoms with Crippen LogP contribution in [0, 0.1) is 0 Å². The van der Waals surface area contributed by atoms with Gasteiger partial charge in [0.2, 0.25) is 0 Å². The lowest BCUT2D eigenvalue weighted by Gasteiger charge is -2.13. The quantitative estimate of drug-likeness (QED) is 0.839. The van der Waals surface area contributed by atoms with Crippen molar-refractivity contribution in [3.05, 3.63) is 45.9 Å². The molecule has 2 N–H and O–H groups in total. The summed E-state index contributed by atoms with van der Waals surface area (Å²) < 4.78 is 5.90. The first-order valence-electron chi connectivity index (χ1n) is 7.84. The van der Waals surface area contributed by atoms with E-state index in [4.69, 9.17) is 9.84 Å². The predicted octanol–water partition coefficient (Wildman–Crippen LogP) is 3.09. The molecule has 1 heterocycles. The number of nitrogens with one attached hydrogen (secondary N) is 1. The number of ether oxygens (including phenoxy) is 1. The number of rotatable bonds is 6. The van der Waals surface area contributed by atoms with Crippen LogP contribution in [0.2, 0.25) is 0 Å². The molecule has 1 saturated carbocycles. The van der Waals surface area contributed by atoms with E-state index in [0.29, 0.717) is 16.3 Å². The first-order chi connectivity index (χ1) is 11.6. The predicted molar refractivity (Wildman–Crippen MR) is 89.6 cm³/mol. The number of benzene rings is 1. The maximum absolute atomic E-state index is 12.2. The molecule has 0 atom stereocenters. The van der Waals surface area contributed by atoms with Gasteiger partial charge in [0.1, 0.15) is 10.8 Å². The van der Waals surface area contributed by atoms with Crippen LogP contribution >= 0.6 is 11.3 Å².